The number of nitrogens with one attached hydrogen (secondary N) is 1. The molecule has 1 aromatic carbocycles. The number of hydrogen-bond acceptors (Lipinski definition) is 3. The number of aromatic nitrogens is 2. The van der Waals surface area contributed by atoms with Crippen molar-refractivity contribution in [1.29, 1.82) is 0 Å². The van der Waals surface area contributed by atoms with Crippen LogP contribution in [0.15, 0.2) is 42.6 Å². The number of pyridine rings is 1. The van der Waals surface area contributed by atoms with Crippen molar-refractivity contribution in [3.05, 3.63) is 53.4 Å². The summed E-state index contributed by atoms with van der Waals surface area (Å²) < 4.78 is 1.87. The van der Waals surface area contributed by atoms with Gasteiger partial charge >= 0.3 is 0 Å². The lowest BCUT2D eigenvalue weighted by Gasteiger charge is -2.06. The molecule has 0 aliphatic carbocycles. The predicted octanol–water partition coefficient (Wildman–Crippen LogP) is 3.78. The smallest absolute Gasteiger partial charge is 0.168 e. The van der Waals surface area contributed by atoms with Crippen LogP contribution in [-0.4, -0.2) is 15.8 Å². The van der Waals surface area contributed by atoms with Gasteiger partial charge in [-0.3, -0.25) is 4.79 Å². The maximum atomic E-state index is 11.4. The Hall–Kier alpha value is -2.33. The number of aldehydes is 1. The molecule has 0 radical (unpaired) electrons. The fraction of sp³-hybridized carbons (Fsp3) is 0.0667. The second kappa shape index (κ2) is 4.98. The van der Waals surface area contributed by atoms with E-state index in [2.05, 4.69) is 10.3 Å². The molecule has 4 nitrogen and oxygen atoms in total. The Kier molecular flexibility index (Phi) is 3.16. The molecule has 5 heteroatoms. The number of carbonyl (C=O) groups is 1. The van der Waals surface area contributed by atoms with Crippen LogP contribution in [0.2, 0.25) is 5.15 Å². The standard InChI is InChI=1S/C15H12ClN3O/c1-19-12-5-3-2-4-11(12)15(13(19)9-20)18-10-6-7-14(16)17-8-10/h2-9,18H,1H3. The summed E-state index contributed by atoms with van der Waals surface area (Å²) in [4.78, 5) is 15.4. The highest BCUT2D eigenvalue weighted by atomic mass is 35.5. The van der Waals surface area contributed by atoms with Gasteiger partial charge in [-0.25, -0.2) is 4.98 Å². The summed E-state index contributed by atoms with van der Waals surface area (Å²) in [5.41, 5.74) is 3.16. The average Bonchev–Trinajstić information content (AvgIpc) is 2.74. The highest BCUT2D eigenvalue weighted by Crippen LogP contribution is 2.31. The Balaban J connectivity index is 2.15. The van der Waals surface area contributed by atoms with Crippen LogP contribution < -0.4 is 5.32 Å². The van der Waals surface area contributed by atoms with Gasteiger partial charge < -0.3 is 9.88 Å². The summed E-state index contributed by atoms with van der Waals surface area (Å²) in [5, 5.41) is 4.67. The normalized spacial score (nSPS) is 10.7. The number of benzene rings is 1. The lowest BCUT2D eigenvalue weighted by molar-refractivity contribution is 0.111. The number of nitrogens with zero attached hydrogens (tertiary/aromatic N) is 2. The van der Waals surface area contributed by atoms with Gasteiger partial charge in [0.25, 0.3) is 0 Å². The first kappa shape index (κ1) is 12.7. The molecule has 0 bridgehead atoms. The van der Waals surface area contributed by atoms with Gasteiger partial charge in [0.2, 0.25) is 0 Å². The van der Waals surface area contributed by atoms with E-state index in [1.54, 1.807) is 12.3 Å². The summed E-state index contributed by atoms with van der Waals surface area (Å²) in [5.74, 6) is 0. The number of anilines is 2. The van der Waals surface area contributed by atoms with E-state index in [0.717, 1.165) is 28.6 Å². The van der Waals surface area contributed by atoms with Gasteiger partial charge in [0.15, 0.2) is 6.29 Å². The monoisotopic (exact) mass is 285 g/mol. The summed E-state index contributed by atoms with van der Waals surface area (Å²) in [6.07, 6.45) is 2.49. The molecule has 0 aliphatic rings. The van der Waals surface area contributed by atoms with Gasteiger partial charge in [0.1, 0.15) is 10.8 Å². The molecule has 1 N–H and O–H groups in total. The summed E-state index contributed by atoms with van der Waals surface area (Å²) >= 11 is 5.77. The Morgan fingerprint density at radius 3 is 2.75 bits per heavy atom. The number of rotatable bonds is 3. The third-order valence-electron chi connectivity index (χ3n) is 3.26. The molecule has 0 atom stereocenters. The van der Waals surface area contributed by atoms with Crippen LogP contribution in [0.1, 0.15) is 10.5 Å². The third-order valence-corrected chi connectivity index (χ3v) is 3.48. The van der Waals surface area contributed by atoms with Gasteiger partial charge in [0.05, 0.1) is 23.1 Å². The Labute approximate surface area is 121 Å². The highest BCUT2D eigenvalue weighted by Gasteiger charge is 2.14. The zero-order valence-corrected chi connectivity index (χ0v) is 11.6. The first-order chi connectivity index (χ1) is 9.70. The van der Waals surface area contributed by atoms with E-state index in [9.17, 15) is 4.79 Å². The number of para-hydroxylation sites is 1. The number of fused-ring (bicyclic) bond motifs is 1. The van der Waals surface area contributed by atoms with E-state index >= 15 is 0 Å². The van der Waals surface area contributed by atoms with Crippen LogP contribution in [0.25, 0.3) is 10.9 Å². The van der Waals surface area contributed by atoms with E-state index in [0.29, 0.717) is 10.8 Å². The minimum atomic E-state index is 0.434. The van der Waals surface area contributed by atoms with E-state index in [1.165, 1.54) is 0 Å². The van der Waals surface area contributed by atoms with Crippen molar-refractivity contribution in [2.45, 2.75) is 0 Å². The SMILES string of the molecule is Cn1c(C=O)c(Nc2ccc(Cl)nc2)c2ccccc21. The van der Waals surface area contributed by atoms with Crippen molar-refractivity contribution in [2.24, 2.45) is 7.05 Å². The molecule has 2 heterocycles. The zero-order valence-electron chi connectivity index (χ0n) is 10.8. The molecule has 0 saturated carbocycles. The molecule has 0 amide bonds. The molecule has 0 saturated heterocycles. The molecular formula is C15H12ClN3O. The molecule has 100 valence electrons. The molecule has 0 aliphatic heterocycles. The molecule has 0 fully saturated rings. The molecule has 2 aromatic heterocycles. The van der Waals surface area contributed by atoms with Crippen LogP contribution in [0.5, 0.6) is 0 Å². The van der Waals surface area contributed by atoms with E-state index in [-0.39, 0.29) is 0 Å². The fourth-order valence-corrected chi connectivity index (χ4v) is 2.39. The topological polar surface area (TPSA) is 46.9 Å². The molecule has 3 aromatic rings. The number of aryl methyl sites for hydroxylation is 1. The highest BCUT2D eigenvalue weighted by molar-refractivity contribution is 6.29. The van der Waals surface area contributed by atoms with E-state index < -0.39 is 0 Å². The van der Waals surface area contributed by atoms with Crippen LogP contribution in [0.4, 0.5) is 11.4 Å². The number of carbonyl (C=O) groups excluding carboxylic acids is 1. The fourth-order valence-electron chi connectivity index (χ4n) is 2.28. The van der Waals surface area contributed by atoms with Gasteiger partial charge in [-0.2, -0.15) is 0 Å². The minimum Gasteiger partial charge on any atom is -0.352 e. The maximum absolute atomic E-state index is 11.4. The maximum Gasteiger partial charge on any atom is 0.168 e. The van der Waals surface area contributed by atoms with Crippen LogP contribution in [0, 0.1) is 0 Å². The number of halogens is 1. The predicted molar refractivity (Wildman–Crippen MR) is 80.8 cm³/mol. The quantitative estimate of drug-likeness (QED) is 0.588. The molecule has 20 heavy (non-hydrogen) atoms. The van der Waals surface area contributed by atoms with E-state index in [1.807, 2.05) is 41.9 Å². The second-order valence-corrected chi connectivity index (χ2v) is 4.84. The molecule has 0 unspecified atom stereocenters. The Bertz CT molecular complexity index is 778. The number of hydrogen-bond donors (Lipinski definition) is 1. The van der Waals surface area contributed by atoms with Crippen molar-refractivity contribution in [2.75, 3.05) is 5.32 Å². The second-order valence-electron chi connectivity index (χ2n) is 4.45. The van der Waals surface area contributed by atoms with Crippen molar-refractivity contribution in [1.82, 2.24) is 9.55 Å². The van der Waals surface area contributed by atoms with Gasteiger partial charge in [-0.1, -0.05) is 29.8 Å². The van der Waals surface area contributed by atoms with Crippen molar-refractivity contribution < 1.29 is 4.79 Å². The van der Waals surface area contributed by atoms with E-state index in [4.69, 9.17) is 11.6 Å². The third kappa shape index (κ3) is 2.04. The molecule has 0 spiro atoms. The minimum absolute atomic E-state index is 0.434. The summed E-state index contributed by atoms with van der Waals surface area (Å²) in [6, 6.07) is 11.4. The Morgan fingerprint density at radius 2 is 2.05 bits per heavy atom. The van der Waals surface area contributed by atoms with Crippen LogP contribution in [0.3, 0.4) is 0 Å². The van der Waals surface area contributed by atoms with Crippen molar-refractivity contribution in [3.63, 3.8) is 0 Å². The summed E-state index contributed by atoms with van der Waals surface area (Å²) in [6.45, 7) is 0. The van der Waals surface area contributed by atoms with Gasteiger partial charge in [0, 0.05) is 12.4 Å². The Morgan fingerprint density at radius 1 is 1.25 bits per heavy atom. The van der Waals surface area contributed by atoms with Crippen LogP contribution in [-0.2, 0) is 7.05 Å². The first-order valence-corrected chi connectivity index (χ1v) is 6.49. The largest absolute Gasteiger partial charge is 0.352 e. The average molecular weight is 286 g/mol. The van der Waals surface area contributed by atoms with Crippen molar-refractivity contribution in [3.8, 4) is 0 Å². The lowest BCUT2D eigenvalue weighted by atomic mass is 10.2. The molecular weight excluding hydrogens is 274 g/mol. The van der Waals surface area contributed by atoms with Crippen molar-refractivity contribution >= 4 is 40.2 Å². The van der Waals surface area contributed by atoms with Crippen LogP contribution >= 0.6 is 11.6 Å². The van der Waals surface area contributed by atoms with Gasteiger partial charge in [-0.15, -0.1) is 0 Å². The molecule has 3 rings (SSSR count). The lowest BCUT2D eigenvalue weighted by Crippen LogP contribution is -1.98. The summed E-state index contributed by atoms with van der Waals surface area (Å²) in [7, 11) is 1.87. The first-order valence-electron chi connectivity index (χ1n) is 6.12. The van der Waals surface area contributed by atoms with Gasteiger partial charge in [-0.05, 0) is 18.2 Å². The zero-order chi connectivity index (χ0) is 14.1.